The fourth-order valence-corrected chi connectivity index (χ4v) is 0.564. The molecule has 0 saturated carbocycles. The van der Waals surface area contributed by atoms with Crippen molar-refractivity contribution in [2.45, 2.75) is 0 Å². The summed E-state index contributed by atoms with van der Waals surface area (Å²) in [6, 6.07) is 0. The Labute approximate surface area is 58.6 Å². The second-order valence-electron chi connectivity index (χ2n) is 1.51. The Morgan fingerprint density at radius 2 is 1.40 bits per heavy atom. The molecule has 1 aliphatic heterocycles. The third-order valence-electron chi connectivity index (χ3n) is 0.932. The SMILES string of the molecule is CON1OCCON1OC. The summed E-state index contributed by atoms with van der Waals surface area (Å²) in [4.78, 5) is 19.2. The van der Waals surface area contributed by atoms with E-state index in [0.717, 1.165) is 10.7 Å². The molecule has 0 atom stereocenters. The Morgan fingerprint density at radius 1 is 1.00 bits per heavy atom. The van der Waals surface area contributed by atoms with Gasteiger partial charge in [0.15, 0.2) is 0 Å². The second-order valence-corrected chi connectivity index (χ2v) is 1.51. The fraction of sp³-hybridized carbons (Fsp3) is 1.00. The maximum absolute atomic E-state index is 4.92. The van der Waals surface area contributed by atoms with Crippen LogP contribution in [0.5, 0.6) is 0 Å². The summed E-state index contributed by atoms with van der Waals surface area (Å²) in [5.41, 5.74) is 0. The van der Waals surface area contributed by atoms with Crippen LogP contribution in [0.1, 0.15) is 0 Å². The van der Waals surface area contributed by atoms with Crippen molar-refractivity contribution in [1.82, 2.24) is 10.7 Å². The van der Waals surface area contributed by atoms with Crippen LogP contribution in [-0.2, 0) is 19.4 Å². The first-order valence-corrected chi connectivity index (χ1v) is 2.82. The maximum Gasteiger partial charge on any atom is 0.0984 e. The summed E-state index contributed by atoms with van der Waals surface area (Å²) in [6.45, 7) is 0.904. The van der Waals surface area contributed by atoms with Crippen molar-refractivity contribution in [3.8, 4) is 0 Å². The van der Waals surface area contributed by atoms with E-state index >= 15 is 0 Å². The number of nitrogens with zero attached hydrogens (tertiary/aromatic N) is 2. The lowest BCUT2D eigenvalue weighted by Crippen LogP contribution is -2.46. The average Bonchev–Trinajstić information content (AvgIpc) is 2.04. The van der Waals surface area contributed by atoms with Crippen molar-refractivity contribution in [3.05, 3.63) is 0 Å². The Kier molecular flexibility index (Phi) is 3.00. The molecule has 1 aliphatic rings. The van der Waals surface area contributed by atoms with Crippen LogP contribution in [0, 0.1) is 0 Å². The van der Waals surface area contributed by atoms with Crippen molar-refractivity contribution >= 4 is 0 Å². The summed E-state index contributed by atoms with van der Waals surface area (Å²) < 4.78 is 0. The van der Waals surface area contributed by atoms with Crippen LogP contribution < -0.4 is 0 Å². The van der Waals surface area contributed by atoms with Crippen molar-refractivity contribution in [2.75, 3.05) is 27.4 Å². The van der Waals surface area contributed by atoms with Gasteiger partial charge in [-0.25, -0.2) is 0 Å². The minimum Gasteiger partial charge on any atom is -0.260 e. The molecule has 0 unspecified atom stereocenters. The molecule has 0 amide bonds. The standard InChI is InChI=1S/C4H10N2O4/c1-7-5-6(8-2)10-4-3-9-5/h3-4H2,1-2H3. The van der Waals surface area contributed by atoms with Crippen molar-refractivity contribution in [3.63, 3.8) is 0 Å². The third-order valence-corrected chi connectivity index (χ3v) is 0.932. The molecule has 6 heteroatoms. The molecule has 6 nitrogen and oxygen atoms in total. The van der Waals surface area contributed by atoms with E-state index in [1.807, 2.05) is 0 Å². The highest BCUT2D eigenvalue weighted by atomic mass is 17.2. The quantitative estimate of drug-likeness (QED) is 0.529. The lowest BCUT2D eigenvalue weighted by atomic mass is 10.8. The van der Waals surface area contributed by atoms with E-state index in [2.05, 4.69) is 9.68 Å². The summed E-state index contributed by atoms with van der Waals surface area (Å²) in [6.07, 6.45) is 0. The van der Waals surface area contributed by atoms with E-state index in [4.69, 9.17) is 9.68 Å². The maximum atomic E-state index is 4.92. The first kappa shape index (κ1) is 7.86. The van der Waals surface area contributed by atoms with Gasteiger partial charge in [-0.3, -0.25) is 19.4 Å². The summed E-state index contributed by atoms with van der Waals surface area (Å²) >= 11 is 0. The van der Waals surface area contributed by atoms with Crippen LogP contribution in [-0.4, -0.2) is 38.1 Å². The van der Waals surface area contributed by atoms with Gasteiger partial charge < -0.3 is 0 Å². The lowest BCUT2D eigenvalue weighted by Gasteiger charge is -2.30. The second kappa shape index (κ2) is 3.81. The molecular weight excluding hydrogens is 140 g/mol. The summed E-state index contributed by atoms with van der Waals surface area (Å²) in [5, 5.41) is 2.01. The van der Waals surface area contributed by atoms with Gasteiger partial charge in [0.1, 0.15) is 0 Å². The third kappa shape index (κ3) is 1.63. The predicted octanol–water partition coefficient (Wildman–Crippen LogP) is -0.495. The van der Waals surface area contributed by atoms with Crippen LogP contribution >= 0.6 is 0 Å². The Hall–Kier alpha value is -0.240. The molecular formula is C4H10N2O4. The summed E-state index contributed by atoms with van der Waals surface area (Å²) in [5.74, 6) is 0. The normalized spacial score (nSPS) is 23.4. The van der Waals surface area contributed by atoms with E-state index < -0.39 is 0 Å². The largest absolute Gasteiger partial charge is 0.260 e. The van der Waals surface area contributed by atoms with Crippen molar-refractivity contribution < 1.29 is 19.4 Å². The van der Waals surface area contributed by atoms with E-state index in [1.54, 1.807) is 0 Å². The van der Waals surface area contributed by atoms with Crippen LogP contribution in [0.15, 0.2) is 0 Å². The minimum atomic E-state index is 0.452. The minimum absolute atomic E-state index is 0.452. The van der Waals surface area contributed by atoms with Gasteiger partial charge in [0.05, 0.1) is 38.1 Å². The molecule has 1 fully saturated rings. The molecule has 0 N–H and O–H groups in total. The molecule has 0 bridgehead atoms. The molecule has 1 heterocycles. The molecule has 1 rings (SSSR count). The highest BCUT2D eigenvalue weighted by Crippen LogP contribution is 2.05. The summed E-state index contributed by atoms with van der Waals surface area (Å²) in [7, 11) is 2.89. The molecule has 0 aliphatic carbocycles. The molecule has 0 aromatic rings. The zero-order valence-corrected chi connectivity index (χ0v) is 5.94. The van der Waals surface area contributed by atoms with Crippen molar-refractivity contribution in [2.24, 2.45) is 0 Å². The molecule has 0 spiro atoms. The highest BCUT2D eigenvalue weighted by molar-refractivity contribution is 4.23. The van der Waals surface area contributed by atoms with Gasteiger partial charge in [0, 0.05) is 0 Å². The molecule has 1 saturated heterocycles. The van der Waals surface area contributed by atoms with Crippen LogP contribution in [0.3, 0.4) is 0 Å². The molecule has 10 heavy (non-hydrogen) atoms. The van der Waals surface area contributed by atoms with E-state index in [1.165, 1.54) is 14.2 Å². The first-order chi connectivity index (χ1) is 4.88. The number of hydrogen-bond acceptors (Lipinski definition) is 6. The fourth-order valence-electron chi connectivity index (χ4n) is 0.564. The van der Waals surface area contributed by atoms with Gasteiger partial charge >= 0.3 is 0 Å². The van der Waals surface area contributed by atoms with Gasteiger partial charge in [-0.2, -0.15) is 0 Å². The van der Waals surface area contributed by atoms with Gasteiger partial charge in [-0.05, 0) is 0 Å². The zero-order chi connectivity index (χ0) is 7.40. The van der Waals surface area contributed by atoms with Gasteiger partial charge in [0.2, 0.25) is 0 Å². The van der Waals surface area contributed by atoms with Gasteiger partial charge in [-0.15, -0.1) is 0 Å². The zero-order valence-electron chi connectivity index (χ0n) is 5.94. The molecule has 0 radical (unpaired) electrons. The molecule has 60 valence electrons. The topological polar surface area (TPSA) is 43.4 Å². The Balaban J connectivity index is 2.34. The Morgan fingerprint density at radius 3 is 1.70 bits per heavy atom. The van der Waals surface area contributed by atoms with Crippen LogP contribution in [0.4, 0.5) is 0 Å². The number of hydrogen-bond donors (Lipinski definition) is 0. The average molecular weight is 150 g/mol. The smallest absolute Gasteiger partial charge is 0.0984 e. The number of rotatable bonds is 2. The van der Waals surface area contributed by atoms with Gasteiger partial charge in [0.25, 0.3) is 0 Å². The highest BCUT2D eigenvalue weighted by Gasteiger charge is 2.21. The predicted molar refractivity (Wildman–Crippen MR) is 29.6 cm³/mol. The molecule has 0 aromatic heterocycles. The molecule has 0 aromatic carbocycles. The monoisotopic (exact) mass is 150 g/mol. The van der Waals surface area contributed by atoms with Crippen molar-refractivity contribution in [1.29, 1.82) is 0 Å². The lowest BCUT2D eigenvalue weighted by molar-refractivity contribution is -0.632. The number of hydrazine groups is 1. The Bertz CT molecular complexity index is 89.3. The van der Waals surface area contributed by atoms with E-state index in [9.17, 15) is 0 Å². The van der Waals surface area contributed by atoms with Crippen LogP contribution in [0.2, 0.25) is 0 Å². The first-order valence-electron chi connectivity index (χ1n) is 2.82. The van der Waals surface area contributed by atoms with E-state index in [-0.39, 0.29) is 0 Å². The van der Waals surface area contributed by atoms with Crippen LogP contribution in [0.25, 0.3) is 0 Å². The van der Waals surface area contributed by atoms with E-state index in [0.29, 0.717) is 13.2 Å². The van der Waals surface area contributed by atoms with Gasteiger partial charge in [-0.1, -0.05) is 0 Å².